The third-order valence-corrected chi connectivity index (χ3v) is 5.16. The molecule has 5 nitrogen and oxygen atoms in total. The van der Waals surface area contributed by atoms with E-state index >= 15 is 0 Å². The molecule has 0 amide bonds. The summed E-state index contributed by atoms with van der Waals surface area (Å²) in [4.78, 5) is 13.4. The summed E-state index contributed by atoms with van der Waals surface area (Å²) in [5.41, 5.74) is 1.08. The van der Waals surface area contributed by atoms with Gasteiger partial charge < -0.3 is 15.1 Å². The summed E-state index contributed by atoms with van der Waals surface area (Å²) in [5.74, 6) is 1.72. The monoisotopic (exact) mass is 341 g/mol. The summed E-state index contributed by atoms with van der Waals surface area (Å²) in [6.45, 7) is 3.61. The van der Waals surface area contributed by atoms with Crippen LogP contribution in [-0.2, 0) is 0 Å². The maximum absolute atomic E-state index is 13.1. The quantitative estimate of drug-likeness (QED) is 0.924. The number of rotatable bonds is 4. The number of hydrogen-bond acceptors (Lipinski definition) is 5. The predicted molar refractivity (Wildman–Crippen MR) is 98.7 cm³/mol. The molecule has 0 unspecified atom stereocenters. The molecule has 1 saturated carbocycles. The molecule has 132 valence electrons. The van der Waals surface area contributed by atoms with E-state index in [2.05, 4.69) is 31.2 Å². The fraction of sp³-hybridized carbons (Fsp3) is 0.474. The van der Waals surface area contributed by atoms with Gasteiger partial charge >= 0.3 is 0 Å². The molecule has 25 heavy (non-hydrogen) atoms. The van der Waals surface area contributed by atoms with E-state index in [0.717, 1.165) is 43.5 Å². The lowest BCUT2D eigenvalue weighted by Gasteiger charge is -2.36. The van der Waals surface area contributed by atoms with Gasteiger partial charge in [-0.1, -0.05) is 12.8 Å². The Bertz CT molecular complexity index is 691. The van der Waals surface area contributed by atoms with Crippen molar-refractivity contribution in [2.45, 2.75) is 31.7 Å². The standard InChI is InChI=1S/C19H24FN5/c20-15-5-7-17(8-6-15)24-9-11-25(12-10-24)19-13-18(21-14-22-19)23-16-3-1-2-4-16/h5-8,13-14,16H,1-4,9-12H2,(H,21,22,23). The topological polar surface area (TPSA) is 44.3 Å². The number of nitrogens with zero attached hydrogens (tertiary/aromatic N) is 4. The smallest absolute Gasteiger partial charge is 0.134 e. The predicted octanol–water partition coefficient (Wildman–Crippen LogP) is 3.30. The SMILES string of the molecule is Fc1ccc(N2CCN(c3cc(NC4CCCC4)ncn3)CC2)cc1. The van der Waals surface area contributed by atoms with Crippen molar-refractivity contribution in [2.75, 3.05) is 41.3 Å². The van der Waals surface area contributed by atoms with E-state index in [-0.39, 0.29) is 5.82 Å². The van der Waals surface area contributed by atoms with Crippen LogP contribution in [-0.4, -0.2) is 42.2 Å². The molecule has 0 spiro atoms. The number of halogens is 1. The van der Waals surface area contributed by atoms with Gasteiger partial charge in [0.25, 0.3) is 0 Å². The number of nitrogens with one attached hydrogen (secondary N) is 1. The van der Waals surface area contributed by atoms with Gasteiger partial charge in [-0.2, -0.15) is 0 Å². The number of hydrogen-bond donors (Lipinski definition) is 1. The van der Waals surface area contributed by atoms with Crippen LogP contribution in [0, 0.1) is 5.82 Å². The van der Waals surface area contributed by atoms with E-state index in [4.69, 9.17) is 0 Å². The third kappa shape index (κ3) is 3.83. The molecule has 2 aliphatic rings. The highest BCUT2D eigenvalue weighted by atomic mass is 19.1. The van der Waals surface area contributed by atoms with Gasteiger partial charge in [0.2, 0.25) is 0 Å². The zero-order valence-corrected chi connectivity index (χ0v) is 14.4. The minimum atomic E-state index is -0.189. The van der Waals surface area contributed by atoms with Crippen molar-refractivity contribution in [3.8, 4) is 0 Å². The van der Waals surface area contributed by atoms with Crippen molar-refractivity contribution < 1.29 is 4.39 Å². The Morgan fingerprint density at radius 3 is 2.32 bits per heavy atom. The van der Waals surface area contributed by atoms with E-state index in [1.54, 1.807) is 6.33 Å². The Morgan fingerprint density at radius 2 is 1.60 bits per heavy atom. The molecule has 0 atom stereocenters. The number of benzene rings is 1. The largest absolute Gasteiger partial charge is 0.368 e. The molecule has 2 heterocycles. The van der Waals surface area contributed by atoms with Crippen molar-refractivity contribution in [1.82, 2.24) is 9.97 Å². The molecule has 0 radical (unpaired) electrons. The van der Waals surface area contributed by atoms with Crippen LogP contribution in [0.3, 0.4) is 0 Å². The first kappa shape index (κ1) is 16.1. The van der Waals surface area contributed by atoms with Crippen molar-refractivity contribution in [1.29, 1.82) is 0 Å². The fourth-order valence-electron chi connectivity index (χ4n) is 3.72. The van der Waals surface area contributed by atoms with E-state index in [1.165, 1.54) is 37.8 Å². The number of aromatic nitrogens is 2. The molecular formula is C19H24FN5. The van der Waals surface area contributed by atoms with Gasteiger partial charge in [0, 0.05) is 44.0 Å². The summed E-state index contributed by atoms with van der Waals surface area (Å²) in [5, 5.41) is 3.54. The van der Waals surface area contributed by atoms with Crippen LogP contribution in [0.25, 0.3) is 0 Å². The van der Waals surface area contributed by atoms with Gasteiger partial charge in [0.15, 0.2) is 0 Å². The first-order valence-electron chi connectivity index (χ1n) is 9.12. The average molecular weight is 341 g/mol. The molecule has 4 rings (SSSR count). The maximum atomic E-state index is 13.1. The van der Waals surface area contributed by atoms with Gasteiger partial charge in [0.1, 0.15) is 23.8 Å². The van der Waals surface area contributed by atoms with Gasteiger partial charge in [-0.05, 0) is 37.1 Å². The Labute approximate surface area is 147 Å². The molecule has 6 heteroatoms. The van der Waals surface area contributed by atoms with Gasteiger partial charge in [-0.3, -0.25) is 0 Å². The second kappa shape index (κ2) is 7.25. The Morgan fingerprint density at radius 1 is 0.920 bits per heavy atom. The van der Waals surface area contributed by atoms with Crippen LogP contribution >= 0.6 is 0 Å². The van der Waals surface area contributed by atoms with Crippen molar-refractivity contribution in [3.63, 3.8) is 0 Å². The summed E-state index contributed by atoms with van der Waals surface area (Å²) in [6.07, 6.45) is 6.73. The highest BCUT2D eigenvalue weighted by molar-refractivity contribution is 5.52. The normalized spacial score (nSPS) is 18.6. The van der Waals surface area contributed by atoms with E-state index in [0.29, 0.717) is 6.04 Å². The summed E-state index contributed by atoms with van der Waals surface area (Å²) >= 11 is 0. The molecular weight excluding hydrogens is 317 g/mol. The maximum Gasteiger partial charge on any atom is 0.134 e. The molecule has 1 aromatic carbocycles. The number of piperazine rings is 1. The Balaban J connectivity index is 1.37. The molecule has 1 N–H and O–H groups in total. The highest BCUT2D eigenvalue weighted by Crippen LogP contribution is 2.24. The van der Waals surface area contributed by atoms with Crippen LogP contribution in [0.1, 0.15) is 25.7 Å². The second-order valence-electron chi connectivity index (χ2n) is 6.84. The lowest BCUT2D eigenvalue weighted by Crippen LogP contribution is -2.46. The second-order valence-corrected chi connectivity index (χ2v) is 6.84. The summed E-state index contributed by atoms with van der Waals surface area (Å²) in [6, 6.07) is 9.35. The van der Waals surface area contributed by atoms with E-state index < -0.39 is 0 Å². The molecule has 2 fully saturated rings. The van der Waals surface area contributed by atoms with Crippen molar-refractivity contribution in [3.05, 3.63) is 42.5 Å². The fourth-order valence-corrected chi connectivity index (χ4v) is 3.72. The Kier molecular flexibility index (Phi) is 4.68. The first-order valence-corrected chi connectivity index (χ1v) is 9.12. The van der Waals surface area contributed by atoms with E-state index in [9.17, 15) is 4.39 Å². The van der Waals surface area contributed by atoms with Crippen LogP contribution in [0.5, 0.6) is 0 Å². The van der Waals surface area contributed by atoms with Crippen molar-refractivity contribution in [2.24, 2.45) is 0 Å². The zero-order chi connectivity index (χ0) is 17.1. The lowest BCUT2D eigenvalue weighted by atomic mass is 10.2. The van der Waals surface area contributed by atoms with Crippen molar-refractivity contribution >= 4 is 17.3 Å². The molecule has 1 aliphatic carbocycles. The molecule has 1 aromatic heterocycles. The molecule has 1 aliphatic heterocycles. The Hall–Kier alpha value is -2.37. The summed E-state index contributed by atoms with van der Waals surface area (Å²) < 4.78 is 13.1. The first-order chi connectivity index (χ1) is 12.3. The highest BCUT2D eigenvalue weighted by Gasteiger charge is 2.20. The third-order valence-electron chi connectivity index (χ3n) is 5.16. The van der Waals surface area contributed by atoms with E-state index in [1.807, 2.05) is 12.1 Å². The molecule has 0 bridgehead atoms. The van der Waals surface area contributed by atoms with Gasteiger partial charge in [-0.25, -0.2) is 14.4 Å². The lowest BCUT2D eigenvalue weighted by molar-refractivity contribution is 0.624. The van der Waals surface area contributed by atoms with Crippen LogP contribution < -0.4 is 15.1 Å². The molecule has 1 saturated heterocycles. The van der Waals surface area contributed by atoms with Crippen LogP contribution in [0.4, 0.5) is 21.7 Å². The van der Waals surface area contributed by atoms with Gasteiger partial charge in [-0.15, -0.1) is 0 Å². The molecule has 2 aromatic rings. The zero-order valence-electron chi connectivity index (χ0n) is 14.4. The average Bonchev–Trinajstić information content (AvgIpc) is 3.16. The number of anilines is 3. The summed E-state index contributed by atoms with van der Waals surface area (Å²) in [7, 11) is 0. The van der Waals surface area contributed by atoms with Crippen LogP contribution in [0.2, 0.25) is 0 Å². The minimum Gasteiger partial charge on any atom is -0.368 e. The minimum absolute atomic E-state index is 0.189. The van der Waals surface area contributed by atoms with Gasteiger partial charge in [0.05, 0.1) is 0 Å². The van der Waals surface area contributed by atoms with Crippen LogP contribution in [0.15, 0.2) is 36.7 Å².